The number of carbonyl (C=O) groups excluding carboxylic acids is 2. The van der Waals surface area contributed by atoms with E-state index in [1.807, 2.05) is 6.07 Å². The van der Waals surface area contributed by atoms with E-state index in [4.69, 9.17) is 9.15 Å². The number of nitrogens with one attached hydrogen (secondary N) is 2. The first-order valence-corrected chi connectivity index (χ1v) is 11.1. The number of rotatable bonds is 6. The molecule has 2 N–H and O–H groups in total. The summed E-state index contributed by atoms with van der Waals surface area (Å²) in [6, 6.07) is 6.84. The lowest BCUT2D eigenvalue weighted by Gasteiger charge is -2.30. The maximum atomic E-state index is 13.1. The number of benzene rings is 1. The van der Waals surface area contributed by atoms with Crippen LogP contribution in [0, 0.1) is 6.92 Å². The van der Waals surface area contributed by atoms with Crippen LogP contribution < -0.4 is 16.3 Å². The summed E-state index contributed by atoms with van der Waals surface area (Å²) in [4.78, 5) is 48.0. The Morgan fingerprint density at radius 2 is 1.86 bits per heavy atom. The standard InChI is InChI=1S/C25H31N5O5/c1-15-17(28-23(33)35-24(2,3)4)10-11-18-19(15)20(31)34-22(27-18)29-25(5,6)21(32)30(7)14-16-9-8-12-26-13-16/h8-13H,14H2,1-7H3,(H,27,29)(H,28,33). The molecule has 3 rings (SSSR count). The first-order chi connectivity index (χ1) is 16.3. The highest BCUT2D eigenvalue weighted by Crippen LogP contribution is 2.25. The van der Waals surface area contributed by atoms with Crippen LogP contribution in [0.2, 0.25) is 0 Å². The van der Waals surface area contributed by atoms with Crippen LogP contribution in [0.25, 0.3) is 10.9 Å². The summed E-state index contributed by atoms with van der Waals surface area (Å²) in [5.74, 6) is -0.223. The van der Waals surface area contributed by atoms with Crippen LogP contribution in [-0.4, -0.2) is 45.1 Å². The summed E-state index contributed by atoms with van der Waals surface area (Å²) in [6.07, 6.45) is 2.73. The van der Waals surface area contributed by atoms with Crippen molar-refractivity contribution in [3.63, 3.8) is 0 Å². The van der Waals surface area contributed by atoms with Gasteiger partial charge < -0.3 is 19.4 Å². The smallest absolute Gasteiger partial charge is 0.412 e. The quantitative estimate of drug-likeness (QED) is 0.539. The fraction of sp³-hybridized carbons (Fsp3) is 0.400. The molecule has 2 amide bonds. The second kappa shape index (κ2) is 9.73. The van der Waals surface area contributed by atoms with E-state index < -0.39 is 22.9 Å². The highest BCUT2D eigenvalue weighted by Gasteiger charge is 2.32. The lowest BCUT2D eigenvalue weighted by atomic mass is 10.0. The zero-order chi connectivity index (χ0) is 26.0. The largest absolute Gasteiger partial charge is 0.444 e. The minimum absolute atomic E-state index is 0.0807. The van der Waals surface area contributed by atoms with E-state index in [2.05, 4.69) is 20.6 Å². The van der Waals surface area contributed by atoms with E-state index in [9.17, 15) is 14.4 Å². The Kier molecular flexibility index (Phi) is 7.14. The summed E-state index contributed by atoms with van der Waals surface area (Å²) in [7, 11) is 1.69. The number of pyridine rings is 1. The molecule has 0 saturated heterocycles. The minimum atomic E-state index is -1.11. The molecule has 10 heteroatoms. The topological polar surface area (TPSA) is 127 Å². The third-order valence-electron chi connectivity index (χ3n) is 5.14. The average molecular weight is 482 g/mol. The first-order valence-electron chi connectivity index (χ1n) is 11.1. The van der Waals surface area contributed by atoms with Gasteiger partial charge in [-0.15, -0.1) is 0 Å². The Labute approximate surface area is 203 Å². The van der Waals surface area contributed by atoms with Crippen molar-refractivity contribution < 1.29 is 18.7 Å². The van der Waals surface area contributed by atoms with Crippen molar-refractivity contribution in [2.24, 2.45) is 0 Å². The maximum Gasteiger partial charge on any atom is 0.412 e. The third-order valence-corrected chi connectivity index (χ3v) is 5.14. The van der Waals surface area contributed by atoms with Gasteiger partial charge >= 0.3 is 11.7 Å². The van der Waals surface area contributed by atoms with Crippen molar-refractivity contribution in [1.82, 2.24) is 14.9 Å². The molecule has 0 spiro atoms. The van der Waals surface area contributed by atoms with Gasteiger partial charge in [0.15, 0.2) is 0 Å². The number of anilines is 2. The van der Waals surface area contributed by atoms with Crippen molar-refractivity contribution in [2.45, 2.75) is 59.2 Å². The Balaban J connectivity index is 1.81. The number of amides is 2. The lowest BCUT2D eigenvalue weighted by molar-refractivity contribution is -0.134. The molecule has 0 radical (unpaired) electrons. The molecule has 1 aromatic carbocycles. The first kappa shape index (κ1) is 25.7. The van der Waals surface area contributed by atoms with Crippen molar-refractivity contribution in [3.8, 4) is 0 Å². The number of aromatic nitrogens is 2. The van der Waals surface area contributed by atoms with Crippen LogP contribution in [0.5, 0.6) is 0 Å². The van der Waals surface area contributed by atoms with E-state index in [-0.39, 0.29) is 17.3 Å². The van der Waals surface area contributed by atoms with Crippen LogP contribution in [0.15, 0.2) is 45.9 Å². The molecule has 10 nitrogen and oxygen atoms in total. The lowest BCUT2D eigenvalue weighted by Crippen LogP contribution is -2.48. The molecule has 3 aromatic rings. The van der Waals surface area contributed by atoms with Crippen molar-refractivity contribution >= 4 is 34.6 Å². The number of likely N-dealkylation sites (N-methyl/N-ethyl adjacent to an activating group) is 1. The molecule has 0 aliphatic heterocycles. The van der Waals surface area contributed by atoms with E-state index >= 15 is 0 Å². The number of aryl methyl sites for hydroxylation is 1. The molecule has 0 aliphatic rings. The van der Waals surface area contributed by atoms with Gasteiger partial charge in [0, 0.05) is 31.7 Å². The van der Waals surface area contributed by atoms with Gasteiger partial charge in [-0.05, 0) is 70.9 Å². The van der Waals surface area contributed by atoms with Crippen molar-refractivity contribution in [1.29, 1.82) is 0 Å². The number of fused-ring (bicyclic) bond motifs is 1. The van der Waals surface area contributed by atoms with Gasteiger partial charge in [-0.3, -0.25) is 15.1 Å². The molecule has 0 bridgehead atoms. The average Bonchev–Trinajstić information content (AvgIpc) is 2.74. The van der Waals surface area contributed by atoms with Gasteiger partial charge in [0.25, 0.3) is 6.01 Å². The fourth-order valence-corrected chi connectivity index (χ4v) is 3.56. The van der Waals surface area contributed by atoms with E-state index in [0.717, 1.165) is 5.56 Å². The highest BCUT2D eigenvalue weighted by molar-refractivity contribution is 5.93. The van der Waals surface area contributed by atoms with Crippen molar-refractivity contribution in [2.75, 3.05) is 17.7 Å². The van der Waals surface area contributed by atoms with Gasteiger partial charge in [0.2, 0.25) is 5.91 Å². The molecular formula is C25H31N5O5. The number of hydrogen-bond donors (Lipinski definition) is 2. The minimum Gasteiger partial charge on any atom is -0.444 e. The number of hydrogen-bond acceptors (Lipinski definition) is 8. The zero-order valence-corrected chi connectivity index (χ0v) is 21.1. The Morgan fingerprint density at radius 1 is 1.14 bits per heavy atom. The molecule has 0 aliphatic carbocycles. The van der Waals surface area contributed by atoms with E-state index in [1.165, 1.54) is 0 Å². The summed E-state index contributed by atoms with van der Waals surface area (Å²) < 4.78 is 10.7. The third kappa shape index (κ3) is 6.34. The van der Waals surface area contributed by atoms with Crippen LogP contribution in [0.1, 0.15) is 45.7 Å². The molecule has 2 aromatic heterocycles. The maximum absolute atomic E-state index is 13.1. The van der Waals surface area contributed by atoms with Gasteiger partial charge in [-0.2, -0.15) is 4.98 Å². The van der Waals surface area contributed by atoms with Crippen LogP contribution in [-0.2, 0) is 16.1 Å². The number of carbonyl (C=O) groups is 2. The second-order valence-electron chi connectivity index (χ2n) is 9.84. The Bertz CT molecular complexity index is 1300. The summed E-state index contributed by atoms with van der Waals surface area (Å²) in [5, 5.41) is 5.81. The number of nitrogens with zero attached hydrogens (tertiary/aromatic N) is 3. The van der Waals surface area contributed by atoms with Crippen LogP contribution >= 0.6 is 0 Å². The van der Waals surface area contributed by atoms with Gasteiger partial charge in [-0.1, -0.05) is 6.07 Å². The van der Waals surface area contributed by atoms with Crippen LogP contribution in [0.3, 0.4) is 0 Å². The zero-order valence-electron chi connectivity index (χ0n) is 21.1. The van der Waals surface area contributed by atoms with Gasteiger partial charge in [0.1, 0.15) is 11.1 Å². The summed E-state index contributed by atoms with van der Waals surface area (Å²) >= 11 is 0. The predicted molar refractivity (Wildman–Crippen MR) is 133 cm³/mol. The van der Waals surface area contributed by atoms with E-state index in [1.54, 1.807) is 84.1 Å². The molecular weight excluding hydrogens is 450 g/mol. The monoisotopic (exact) mass is 481 g/mol. The molecule has 0 fully saturated rings. The Morgan fingerprint density at radius 3 is 2.49 bits per heavy atom. The van der Waals surface area contributed by atoms with E-state index in [0.29, 0.717) is 23.3 Å². The predicted octanol–water partition coefficient (Wildman–Crippen LogP) is 4.09. The highest BCUT2D eigenvalue weighted by atomic mass is 16.6. The SMILES string of the molecule is Cc1c(NC(=O)OC(C)(C)C)ccc2nc(NC(C)(C)C(=O)N(C)Cc3cccnc3)oc(=O)c12. The summed E-state index contributed by atoms with van der Waals surface area (Å²) in [6.45, 7) is 10.7. The molecule has 0 atom stereocenters. The molecule has 0 unspecified atom stereocenters. The second-order valence-corrected chi connectivity index (χ2v) is 9.84. The molecule has 35 heavy (non-hydrogen) atoms. The van der Waals surface area contributed by atoms with Gasteiger partial charge in [0.05, 0.1) is 10.9 Å². The molecule has 186 valence electrons. The fourth-order valence-electron chi connectivity index (χ4n) is 3.56. The number of ether oxygens (including phenoxy) is 1. The molecule has 2 heterocycles. The normalized spacial score (nSPS) is 11.7. The molecule has 0 saturated carbocycles. The summed E-state index contributed by atoms with van der Waals surface area (Å²) in [5.41, 5.74) is -0.257. The van der Waals surface area contributed by atoms with Crippen LogP contribution in [0.4, 0.5) is 16.5 Å². The Hall–Kier alpha value is -3.95. The van der Waals surface area contributed by atoms with Gasteiger partial charge in [-0.25, -0.2) is 9.59 Å². The van der Waals surface area contributed by atoms with Crippen molar-refractivity contribution in [3.05, 3.63) is 58.2 Å².